The smallest absolute Gasteiger partial charge is 0.225 e. The van der Waals surface area contributed by atoms with E-state index in [0.717, 1.165) is 50.8 Å². The molecule has 0 amide bonds. The van der Waals surface area contributed by atoms with Crippen LogP contribution >= 0.6 is 24.0 Å². The fourth-order valence-electron chi connectivity index (χ4n) is 2.99. The standard InChI is InChI=1S/C19H27N7.HI/c1-2-16-5-3-6-17(15-16)24-18(20)21-9-10-25-11-13-26(14-12-25)19-22-7-4-8-23-19;/h3-8,15H,2,9-14H2,1H3,(H3,20,21,24);1H. The first-order valence-corrected chi connectivity index (χ1v) is 9.15. The van der Waals surface area contributed by atoms with E-state index in [1.165, 1.54) is 5.56 Å². The summed E-state index contributed by atoms with van der Waals surface area (Å²) in [7, 11) is 0. The van der Waals surface area contributed by atoms with Crippen molar-refractivity contribution in [2.24, 2.45) is 10.7 Å². The highest BCUT2D eigenvalue weighted by Gasteiger charge is 2.18. The molecule has 3 N–H and O–H groups in total. The van der Waals surface area contributed by atoms with Crippen LogP contribution in [-0.2, 0) is 6.42 Å². The van der Waals surface area contributed by atoms with Crippen LogP contribution in [0.2, 0.25) is 0 Å². The van der Waals surface area contributed by atoms with E-state index in [4.69, 9.17) is 5.73 Å². The van der Waals surface area contributed by atoms with Gasteiger partial charge < -0.3 is 16.0 Å². The number of nitrogens with two attached hydrogens (primary N) is 1. The highest BCUT2D eigenvalue weighted by molar-refractivity contribution is 14.0. The van der Waals surface area contributed by atoms with Crippen LogP contribution in [0.1, 0.15) is 12.5 Å². The first-order valence-electron chi connectivity index (χ1n) is 9.15. The number of piperazine rings is 1. The second kappa shape index (κ2) is 11.0. The van der Waals surface area contributed by atoms with Crippen LogP contribution in [0.25, 0.3) is 0 Å². The van der Waals surface area contributed by atoms with Gasteiger partial charge in [0.2, 0.25) is 5.95 Å². The van der Waals surface area contributed by atoms with E-state index in [-0.39, 0.29) is 24.0 Å². The Labute approximate surface area is 178 Å². The molecule has 7 nitrogen and oxygen atoms in total. The van der Waals surface area contributed by atoms with Crippen LogP contribution in [0.4, 0.5) is 11.6 Å². The molecule has 1 fully saturated rings. The minimum atomic E-state index is 0. The summed E-state index contributed by atoms with van der Waals surface area (Å²) in [5, 5.41) is 3.17. The number of aliphatic imine (C=N–C) groups is 1. The first-order chi connectivity index (χ1) is 12.7. The topological polar surface area (TPSA) is 82.7 Å². The molecule has 0 spiro atoms. The van der Waals surface area contributed by atoms with Crippen LogP contribution in [0, 0.1) is 0 Å². The van der Waals surface area contributed by atoms with Gasteiger partial charge in [-0.2, -0.15) is 0 Å². The highest BCUT2D eigenvalue weighted by Crippen LogP contribution is 2.11. The quantitative estimate of drug-likeness (QED) is 0.374. The lowest BCUT2D eigenvalue weighted by Crippen LogP contribution is -2.47. The number of rotatable bonds is 6. The number of hydrogen-bond acceptors (Lipinski definition) is 5. The summed E-state index contributed by atoms with van der Waals surface area (Å²) in [5.74, 6) is 1.28. The van der Waals surface area contributed by atoms with Gasteiger partial charge in [-0.25, -0.2) is 9.97 Å². The number of halogens is 1. The van der Waals surface area contributed by atoms with Gasteiger partial charge in [-0.05, 0) is 30.2 Å². The first kappa shape index (κ1) is 21.4. The number of aromatic nitrogens is 2. The molecule has 1 aromatic carbocycles. The molecule has 0 bridgehead atoms. The van der Waals surface area contributed by atoms with Gasteiger partial charge in [0.1, 0.15) is 0 Å². The van der Waals surface area contributed by atoms with Gasteiger partial charge in [0.05, 0.1) is 6.54 Å². The van der Waals surface area contributed by atoms with Crippen LogP contribution in [-0.4, -0.2) is 60.1 Å². The summed E-state index contributed by atoms with van der Waals surface area (Å²) in [4.78, 5) is 17.7. The van der Waals surface area contributed by atoms with E-state index in [2.05, 4.69) is 49.1 Å². The van der Waals surface area contributed by atoms with Gasteiger partial charge in [0.25, 0.3) is 0 Å². The van der Waals surface area contributed by atoms with E-state index in [0.29, 0.717) is 12.5 Å². The number of anilines is 2. The molecule has 27 heavy (non-hydrogen) atoms. The second-order valence-corrected chi connectivity index (χ2v) is 6.32. The zero-order valence-electron chi connectivity index (χ0n) is 15.7. The molecule has 3 rings (SSSR count). The summed E-state index contributed by atoms with van der Waals surface area (Å²) >= 11 is 0. The lowest BCUT2D eigenvalue weighted by Gasteiger charge is -2.34. The third-order valence-corrected chi connectivity index (χ3v) is 4.51. The van der Waals surface area contributed by atoms with Crippen molar-refractivity contribution >= 4 is 41.6 Å². The maximum atomic E-state index is 6.01. The third-order valence-electron chi connectivity index (χ3n) is 4.51. The molecule has 1 aromatic heterocycles. The minimum Gasteiger partial charge on any atom is -0.370 e. The Morgan fingerprint density at radius 1 is 1.15 bits per heavy atom. The van der Waals surface area contributed by atoms with E-state index >= 15 is 0 Å². The van der Waals surface area contributed by atoms with E-state index in [9.17, 15) is 0 Å². The summed E-state index contributed by atoms with van der Waals surface area (Å²) in [6.07, 6.45) is 4.58. The largest absolute Gasteiger partial charge is 0.370 e. The van der Waals surface area contributed by atoms with Gasteiger partial charge in [-0.15, -0.1) is 24.0 Å². The molecule has 0 radical (unpaired) electrons. The van der Waals surface area contributed by atoms with Crippen LogP contribution in [0.15, 0.2) is 47.7 Å². The fraction of sp³-hybridized carbons (Fsp3) is 0.421. The van der Waals surface area contributed by atoms with Crippen molar-refractivity contribution < 1.29 is 0 Å². The highest BCUT2D eigenvalue weighted by atomic mass is 127. The predicted octanol–water partition coefficient (Wildman–Crippen LogP) is 2.21. The molecule has 0 atom stereocenters. The third kappa shape index (κ3) is 6.62. The maximum Gasteiger partial charge on any atom is 0.225 e. The van der Waals surface area contributed by atoms with E-state index in [1.54, 1.807) is 12.4 Å². The summed E-state index contributed by atoms with van der Waals surface area (Å²) in [5.41, 5.74) is 8.28. The van der Waals surface area contributed by atoms with Gasteiger partial charge in [0, 0.05) is 50.8 Å². The van der Waals surface area contributed by atoms with Gasteiger partial charge in [-0.1, -0.05) is 19.1 Å². The van der Waals surface area contributed by atoms with Crippen molar-refractivity contribution in [3.63, 3.8) is 0 Å². The molecule has 2 heterocycles. The monoisotopic (exact) mass is 481 g/mol. The van der Waals surface area contributed by atoms with Crippen molar-refractivity contribution in [3.05, 3.63) is 48.3 Å². The second-order valence-electron chi connectivity index (χ2n) is 6.32. The van der Waals surface area contributed by atoms with Crippen molar-refractivity contribution in [2.45, 2.75) is 13.3 Å². The molecular formula is C19H28IN7. The Balaban J connectivity index is 0.00000261. The molecule has 0 aliphatic carbocycles. The lowest BCUT2D eigenvalue weighted by atomic mass is 10.1. The van der Waals surface area contributed by atoms with Crippen molar-refractivity contribution in [2.75, 3.05) is 49.5 Å². The van der Waals surface area contributed by atoms with Crippen LogP contribution in [0.5, 0.6) is 0 Å². The molecule has 146 valence electrons. The fourth-order valence-corrected chi connectivity index (χ4v) is 2.99. The summed E-state index contributed by atoms with van der Waals surface area (Å²) < 4.78 is 0. The summed E-state index contributed by atoms with van der Waals surface area (Å²) in [6.45, 7) is 7.57. The number of nitrogens with zero attached hydrogens (tertiary/aromatic N) is 5. The SMILES string of the molecule is CCc1cccc(NC(N)=NCCN2CCN(c3ncccn3)CC2)c1.I. The van der Waals surface area contributed by atoms with Gasteiger partial charge >= 0.3 is 0 Å². The van der Waals surface area contributed by atoms with E-state index in [1.807, 2.05) is 18.2 Å². The Kier molecular flexibility index (Phi) is 8.73. The van der Waals surface area contributed by atoms with E-state index < -0.39 is 0 Å². The average Bonchev–Trinajstić information content (AvgIpc) is 2.69. The maximum absolute atomic E-state index is 6.01. The molecule has 1 saturated heterocycles. The number of aryl methyl sites for hydroxylation is 1. The number of hydrogen-bond donors (Lipinski definition) is 2. The molecule has 1 aliphatic heterocycles. The molecule has 2 aromatic rings. The molecule has 0 unspecified atom stereocenters. The van der Waals surface area contributed by atoms with Crippen molar-refractivity contribution in [1.82, 2.24) is 14.9 Å². The Hall–Kier alpha value is -1.94. The van der Waals surface area contributed by atoms with Gasteiger partial charge in [-0.3, -0.25) is 9.89 Å². The average molecular weight is 481 g/mol. The van der Waals surface area contributed by atoms with Crippen LogP contribution in [0.3, 0.4) is 0 Å². The molecule has 1 aliphatic rings. The van der Waals surface area contributed by atoms with Crippen molar-refractivity contribution in [1.29, 1.82) is 0 Å². The normalized spacial score (nSPS) is 15.3. The zero-order valence-corrected chi connectivity index (χ0v) is 18.0. The number of nitrogens with one attached hydrogen (secondary N) is 1. The minimum absolute atomic E-state index is 0. The number of benzene rings is 1. The summed E-state index contributed by atoms with van der Waals surface area (Å²) in [6, 6.07) is 10.1. The molecule has 8 heteroatoms. The van der Waals surface area contributed by atoms with Crippen molar-refractivity contribution in [3.8, 4) is 0 Å². The molecule has 0 saturated carbocycles. The predicted molar refractivity (Wildman–Crippen MR) is 122 cm³/mol. The molecular weight excluding hydrogens is 453 g/mol. The van der Waals surface area contributed by atoms with Crippen LogP contribution < -0.4 is 16.0 Å². The zero-order chi connectivity index (χ0) is 18.2. The Bertz CT molecular complexity index is 715. The lowest BCUT2D eigenvalue weighted by molar-refractivity contribution is 0.264. The van der Waals surface area contributed by atoms with Gasteiger partial charge in [0.15, 0.2) is 5.96 Å². The Morgan fingerprint density at radius 2 is 1.89 bits per heavy atom. The Morgan fingerprint density at radius 3 is 2.59 bits per heavy atom. The number of guanidine groups is 1.